The first-order chi connectivity index (χ1) is 22.5. The minimum atomic E-state index is -0.677. The van der Waals surface area contributed by atoms with Gasteiger partial charge in [-0.05, 0) is 82.9 Å². The number of piperidine rings is 1. The van der Waals surface area contributed by atoms with E-state index in [0.29, 0.717) is 44.0 Å². The molecule has 2 aliphatic heterocycles. The molecule has 47 heavy (non-hydrogen) atoms. The summed E-state index contributed by atoms with van der Waals surface area (Å²) in [5, 5.41) is 3.32. The van der Waals surface area contributed by atoms with E-state index in [-0.39, 0.29) is 37.7 Å². The Bertz CT molecular complexity index is 1330. The number of ether oxygens (including phenoxy) is 3. The number of unbranched alkanes of at least 4 members (excludes halogenated alkanes) is 1. The topological polar surface area (TPSA) is 114 Å². The van der Waals surface area contributed by atoms with E-state index in [0.717, 1.165) is 43.2 Å². The van der Waals surface area contributed by atoms with E-state index < -0.39 is 23.7 Å². The van der Waals surface area contributed by atoms with Gasteiger partial charge in [-0.15, -0.1) is 0 Å². The van der Waals surface area contributed by atoms with E-state index in [1.54, 1.807) is 32.6 Å². The van der Waals surface area contributed by atoms with Crippen molar-refractivity contribution in [3.8, 4) is 0 Å². The Balaban J connectivity index is 1.28. The van der Waals surface area contributed by atoms with Crippen LogP contribution in [-0.2, 0) is 41.6 Å². The highest BCUT2D eigenvalue weighted by Gasteiger charge is 2.35. The molecule has 10 nitrogen and oxygen atoms in total. The SMILES string of the molecule is CCOC(=O)[C@H](CCCCC1CCN(C(=O)OCc2ccccc2)CC1)NC1CCc2ccccc2N(CC(=O)OC(C)(C)C)C1=O. The highest BCUT2D eigenvalue weighted by Crippen LogP contribution is 2.28. The Labute approximate surface area is 279 Å². The summed E-state index contributed by atoms with van der Waals surface area (Å²) < 4.78 is 16.4. The number of nitrogens with zero attached hydrogens (tertiary/aromatic N) is 2. The Kier molecular flexibility index (Phi) is 13.2. The van der Waals surface area contributed by atoms with Gasteiger partial charge in [0.05, 0.1) is 12.6 Å². The van der Waals surface area contributed by atoms with Gasteiger partial charge in [-0.1, -0.05) is 67.8 Å². The van der Waals surface area contributed by atoms with Crippen LogP contribution in [0.3, 0.4) is 0 Å². The predicted octanol–water partition coefficient (Wildman–Crippen LogP) is 5.81. The van der Waals surface area contributed by atoms with Crippen LogP contribution in [-0.4, -0.2) is 72.8 Å². The fraction of sp³-hybridized carbons (Fsp3) is 0.568. The summed E-state index contributed by atoms with van der Waals surface area (Å²) >= 11 is 0. The maximum atomic E-state index is 13.9. The lowest BCUT2D eigenvalue weighted by Crippen LogP contribution is -2.53. The van der Waals surface area contributed by atoms with Crippen molar-refractivity contribution in [3.05, 3.63) is 65.7 Å². The standard InChI is InChI=1S/C37H51N3O7/c1-5-45-35(43)31(17-11-9-13-27-21-23-39(24-22-27)36(44)46-26-28-14-7-6-8-15-28)38-30-20-19-29-16-10-12-18-32(29)40(34(30)42)25-33(41)47-37(2,3)4/h6-8,10,12,14-16,18,27,30-31,38H,5,9,11,13,17,19-26H2,1-4H3/t30?,31-/m0/s1. The van der Waals surface area contributed by atoms with Gasteiger partial charge in [-0.3, -0.25) is 24.6 Å². The minimum Gasteiger partial charge on any atom is -0.465 e. The Hall–Kier alpha value is -3.92. The molecular formula is C37H51N3O7. The molecule has 2 atom stereocenters. The number of benzene rings is 2. The van der Waals surface area contributed by atoms with Crippen LogP contribution in [0.5, 0.6) is 0 Å². The molecule has 2 aromatic rings. The lowest BCUT2D eigenvalue weighted by atomic mass is 9.91. The first kappa shape index (κ1) is 35.9. The number of nitrogens with one attached hydrogen (secondary N) is 1. The zero-order valence-corrected chi connectivity index (χ0v) is 28.4. The summed E-state index contributed by atoms with van der Waals surface area (Å²) in [7, 11) is 0. The first-order valence-corrected chi connectivity index (χ1v) is 17.0. The van der Waals surface area contributed by atoms with E-state index in [9.17, 15) is 19.2 Å². The van der Waals surface area contributed by atoms with Crippen molar-refractivity contribution >= 4 is 29.6 Å². The predicted molar refractivity (Wildman–Crippen MR) is 180 cm³/mol. The van der Waals surface area contributed by atoms with Crippen LogP contribution in [0.1, 0.15) is 83.8 Å². The lowest BCUT2D eigenvalue weighted by molar-refractivity contribution is -0.154. The number of esters is 2. The summed E-state index contributed by atoms with van der Waals surface area (Å²) in [5.41, 5.74) is 1.95. The van der Waals surface area contributed by atoms with Crippen molar-refractivity contribution in [2.24, 2.45) is 5.92 Å². The lowest BCUT2D eigenvalue weighted by Gasteiger charge is -2.31. The van der Waals surface area contributed by atoms with Crippen molar-refractivity contribution in [2.45, 2.75) is 103 Å². The van der Waals surface area contributed by atoms with Gasteiger partial charge in [0, 0.05) is 18.8 Å². The number of hydrogen-bond donors (Lipinski definition) is 1. The highest BCUT2D eigenvalue weighted by molar-refractivity contribution is 6.02. The van der Waals surface area contributed by atoms with Crippen LogP contribution in [0.2, 0.25) is 0 Å². The van der Waals surface area contributed by atoms with Crippen molar-refractivity contribution < 1.29 is 33.4 Å². The fourth-order valence-corrected chi connectivity index (χ4v) is 6.29. The number of hydrogen-bond acceptors (Lipinski definition) is 8. The minimum absolute atomic E-state index is 0.209. The van der Waals surface area contributed by atoms with Crippen molar-refractivity contribution in [3.63, 3.8) is 0 Å². The van der Waals surface area contributed by atoms with Gasteiger partial charge in [-0.25, -0.2) is 4.79 Å². The molecule has 0 bridgehead atoms. The van der Waals surface area contributed by atoms with Gasteiger partial charge in [-0.2, -0.15) is 0 Å². The van der Waals surface area contributed by atoms with Crippen molar-refractivity contribution in [1.82, 2.24) is 10.2 Å². The molecule has 2 aromatic carbocycles. The Morgan fingerprint density at radius 1 is 0.936 bits per heavy atom. The number of carbonyl (C=O) groups is 4. The molecule has 2 amide bonds. The Morgan fingerprint density at radius 2 is 1.64 bits per heavy atom. The number of para-hydroxylation sites is 1. The van der Waals surface area contributed by atoms with Gasteiger partial charge < -0.3 is 19.1 Å². The van der Waals surface area contributed by atoms with Crippen LogP contribution in [0.15, 0.2) is 54.6 Å². The van der Waals surface area contributed by atoms with Crippen molar-refractivity contribution in [1.29, 1.82) is 0 Å². The van der Waals surface area contributed by atoms with Crippen LogP contribution >= 0.6 is 0 Å². The van der Waals surface area contributed by atoms with Crippen LogP contribution in [0.25, 0.3) is 0 Å². The number of aryl methyl sites for hydroxylation is 1. The third-order valence-electron chi connectivity index (χ3n) is 8.66. The molecule has 0 aromatic heterocycles. The summed E-state index contributed by atoms with van der Waals surface area (Å²) in [6.45, 7) is 8.83. The smallest absolute Gasteiger partial charge is 0.410 e. The molecule has 10 heteroatoms. The number of rotatable bonds is 13. The van der Waals surface area contributed by atoms with E-state index >= 15 is 0 Å². The number of fused-ring (bicyclic) bond motifs is 1. The molecule has 4 rings (SSSR count). The third kappa shape index (κ3) is 11.1. The zero-order valence-electron chi connectivity index (χ0n) is 28.4. The number of carbonyl (C=O) groups excluding carboxylic acids is 4. The third-order valence-corrected chi connectivity index (χ3v) is 8.66. The Morgan fingerprint density at radius 3 is 2.34 bits per heavy atom. The molecule has 1 saturated heterocycles. The molecular weight excluding hydrogens is 598 g/mol. The van der Waals surface area contributed by atoms with Crippen LogP contribution in [0.4, 0.5) is 10.5 Å². The molecule has 0 radical (unpaired) electrons. The van der Waals surface area contributed by atoms with Gasteiger partial charge >= 0.3 is 18.0 Å². The van der Waals surface area contributed by atoms with Gasteiger partial charge in [0.1, 0.15) is 24.8 Å². The number of likely N-dealkylation sites (tertiary alicyclic amines) is 1. The van der Waals surface area contributed by atoms with E-state index in [2.05, 4.69) is 5.32 Å². The van der Waals surface area contributed by atoms with E-state index in [1.807, 2.05) is 54.6 Å². The average molecular weight is 650 g/mol. The maximum absolute atomic E-state index is 13.9. The zero-order chi connectivity index (χ0) is 33.8. The second-order valence-corrected chi connectivity index (χ2v) is 13.5. The molecule has 2 aliphatic rings. The molecule has 1 N–H and O–H groups in total. The van der Waals surface area contributed by atoms with Gasteiger partial charge in [0.15, 0.2) is 0 Å². The number of anilines is 1. The second-order valence-electron chi connectivity index (χ2n) is 13.5. The molecule has 0 aliphatic carbocycles. The molecule has 0 saturated carbocycles. The monoisotopic (exact) mass is 649 g/mol. The average Bonchev–Trinajstić information content (AvgIpc) is 3.17. The second kappa shape index (κ2) is 17.3. The van der Waals surface area contributed by atoms with E-state index in [1.165, 1.54) is 4.90 Å². The van der Waals surface area contributed by atoms with Gasteiger partial charge in [0.2, 0.25) is 5.91 Å². The largest absolute Gasteiger partial charge is 0.465 e. The highest BCUT2D eigenvalue weighted by atomic mass is 16.6. The maximum Gasteiger partial charge on any atom is 0.410 e. The van der Waals surface area contributed by atoms with Crippen LogP contribution in [0, 0.1) is 5.92 Å². The molecule has 1 unspecified atom stereocenters. The van der Waals surface area contributed by atoms with Crippen LogP contribution < -0.4 is 10.2 Å². The molecule has 2 heterocycles. The normalized spacial score (nSPS) is 17.8. The summed E-state index contributed by atoms with van der Waals surface area (Å²) in [6, 6.07) is 16.0. The quantitative estimate of drug-likeness (QED) is 0.164. The fourth-order valence-electron chi connectivity index (χ4n) is 6.29. The van der Waals surface area contributed by atoms with Crippen molar-refractivity contribution in [2.75, 3.05) is 31.1 Å². The molecule has 0 spiro atoms. The summed E-state index contributed by atoms with van der Waals surface area (Å²) in [4.78, 5) is 55.6. The summed E-state index contributed by atoms with van der Waals surface area (Å²) in [5.74, 6) is -0.615. The van der Waals surface area contributed by atoms with E-state index in [4.69, 9.17) is 14.2 Å². The summed E-state index contributed by atoms with van der Waals surface area (Å²) in [6.07, 6.45) is 5.94. The molecule has 256 valence electrons. The molecule has 1 fully saturated rings. The first-order valence-electron chi connectivity index (χ1n) is 17.0. The van der Waals surface area contributed by atoms with Gasteiger partial charge in [0.25, 0.3) is 0 Å². The number of amides is 2.